The summed E-state index contributed by atoms with van der Waals surface area (Å²) in [5.74, 6) is 1.39. The van der Waals surface area contributed by atoms with Gasteiger partial charge in [0.2, 0.25) is 0 Å². The standard InChI is InChI=1S/C23H23N7OS/c1-16-3-2-4-19(27-16)23-25-8-6-18(29-23)13-17-5-7-24-20(28-17)14-21-26-15-22(32-21)30-9-11-31-12-10-30/h2-8,15H,9-14H2,1H3. The van der Waals surface area contributed by atoms with Gasteiger partial charge in [-0.2, -0.15) is 0 Å². The third-order valence-corrected chi connectivity index (χ3v) is 6.19. The first-order valence-electron chi connectivity index (χ1n) is 10.6. The van der Waals surface area contributed by atoms with Crippen molar-refractivity contribution in [3.8, 4) is 11.5 Å². The number of nitrogens with zero attached hydrogens (tertiary/aromatic N) is 7. The number of thiazole rings is 1. The van der Waals surface area contributed by atoms with Crippen molar-refractivity contribution in [3.05, 3.63) is 76.8 Å². The molecule has 0 spiro atoms. The van der Waals surface area contributed by atoms with E-state index in [1.807, 2.05) is 43.5 Å². The van der Waals surface area contributed by atoms with Gasteiger partial charge >= 0.3 is 0 Å². The minimum atomic E-state index is 0.605. The molecular formula is C23H23N7OS. The molecule has 1 aliphatic rings. The molecule has 1 fully saturated rings. The average molecular weight is 446 g/mol. The largest absolute Gasteiger partial charge is 0.378 e. The van der Waals surface area contributed by atoms with E-state index in [-0.39, 0.29) is 0 Å². The highest BCUT2D eigenvalue weighted by atomic mass is 32.1. The fourth-order valence-electron chi connectivity index (χ4n) is 3.54. The Morgan fingerprint density at radius 2 is 1.72 bits per heavy atom. The van der Waals surface area contributed by atoms with Crippen LogP contribution in [-0.2, 0) is 17.6 Å². The maximum Gasteiger partial charge on any atom is 0.178 e. The van der Waals surface area contributed by atoms with Crippen LogP contribution in [0.5, 0.6) is 0 Å². The van der Waals surface area contributed by atoms with E-state index in [2.05, 4.69) is 29.8 Å². The second-order valence-corrected chi connectivity index (χ2v) is 8.64. The van der Waals surface area contributed by atoms with Gasteiger partial charge in [0.05, 0.1) is 37.2 Å². The van der Waals surface area contributed by atoms with Crippen molar-refractivity contribution >= 4 is 16.3 Å². The lowest BCUT2D eigenvalue weighted by molar-refractivity contribution is 0.123. The molecule has 8 nitrogen and oxygen atoms in total. The average Bonchev–Trinajstić information content (AvgIpc) is 3.29. The molecule has 5 rings (SSSR count). The molecule has 0 saturated carbocycles. The summed E-state index contributed by atoms with van der Waals surface area (Å²) in [6.07, 6.45) is 6.74. The SMILES string of the molecule is Cc1cccc(-c2nccc(Cc3ccnc(Cc4ncc(N5CCOCC5)s4)n3)n2)n1. The quantitative estimate of drug-likeness (QED) is 0.447. The predicted octanol–water partition coefficient (Wildman–Crippen LogP) is 3.11. The number of hydrogen-bond acceptors (Lipinski definition) is 9. The van der Waals surface area contributed by atoms with Gasteiger partial charge in [0.25, 0.3) is 0 Å². The topological polar surface area (TPSA) is 89.8 Å². The maximum absolute atomic E-state index is 5.43. The lowest BCUT2D eigenvalue weighted by Gasteiger charge is -2.26. The van der Waals surface area contributed by atoms with Crippen molar-refractivity contribution in [1.82, 2.24) is 29.9 Å². The monoisotopic (exact) mass is 445 g/mol. The van der Waals surface area contributed by atoms with Crippen molar-refractivity contribution in [3.63, 3.8) is 0 Å². The van der Waals surface area contributed by atoms with Gasteiger partial charge in [-0.15, -0.1) is 11.3 Å². The van der Waals surface area contributed by atoms with Gasteiger partial charge in [-0.3, -0.25) is 0 Å². The number of rotatable bonds is 6. The van der Waals surface area contributed by atoms with Gasteiger partial charge in [0.1, 0.15) is 21.5 Å². The second-order valence-electron chi connectivity index (χ2n) is 7.55. The van der Waals surface area contributed by atoms with E-state index in [0.717, 1.165) is 59.9 Å². The van der Waals surface area contributed by atoms with Gasteiger partial charge in [0.15, 0.2) is 5.82 Å². The first kappa shape index (κ1) is 20.6. The molecule has 4 aromatic heterocycles. The summed E-state index contributed by atoms with van der Waals surface area (Å²) in [5, 5.41) is 2.19. The van der Waals surface area contributed by atoms with Crippen molar-refractivity contribution in [2.45, 2.75) is 19.8 Å². The van der Waals surface area contributed by atoms with Crippen LogP contribution < -0.4 is 4.90 Å². The van der Waals surface area contributed by atoms with E-state index in [9.17, 15) is 0 Å². The molecule has 0 N–H and O–H groups in total. The molecule has 0 atom stereocenters. The summed E-state index contributed by atoms with van der Waals surface area (Å²) in [6, 6.07) is 9.69. The van der Waals surface area contributed by atoms with Gasteiger partial charge in [-0.05, 0) is 31.2 Å². The molecule has 0 bridgehead atoms. The first-order chi connectivity index (χ1) is 15.7. The molecule has 1 aliphatic heterocycles. The lowest BCUT2D eigenvalue weighted by Crippen LogP contribution is -2.35. The van der Waals surface area contributed by atoms with Crippen LogP contribution in [0.2, 0.25) is 0 Å². The van der Waals surface area contributed by atoms with E-state index in [4.69, 9.17) is 9.72 Å². The predicted molar refractivity (Wildman–Crippen MR) is 123 cm³/mol. The molecule has 0 amide bonds. The number of anilines is 1. The van der Waals surface area contributed by atoms with E-state index >= 15 is 0 Å². The van der Waals surface area contributed by atoms with Gasteiger partial charge < -0.3 is 9.64 Å². The summed E-state index contributed by atoms with van der Waals surface area (Å²) in [4.78, 5) is 29.7. The van der Waals surface area contributed by atoms with Crippen LogP contribution in [0.1, 0.15) is 27.9 Å². The normalized spacial score (nSPS) is 14.0. The summed E-state index contributed by atoms with van der Waals surface area (Å²) >= 11 is 1.70. The van der Waals surface area contributed by atoms with E-state index < -0.39 is 0 Å². The second kappa shape index (κ2) is 9.46. The zero-order valence-electron chi connectivity index (χ0n) is 17.8. The summed E-state index contributed by atoms with van der Waals surface area (Å²) in [5.41, 5.74) is 3.53. The van der Waals surface area contributed by atoms with E-state index in [1.54, 1.807) is 23.7 Å². The van der Waals surface area contributed by atoms with Crippen LogP contribution in [0.25, 0.3) is 11.5 Å². The molecule has 0 unspecified atom stereocenters. The van der Waals surface area contributed by atoms with Crippen molar-refractivity contribution in [1.29, 1.82) is 0 Å². The highest BCUT2D eigenvalue weighted by molar-refractivity contribution is 7.15. The van der Waals surface area contributed by atoms with Crippen LogP contribution in [-0.4, -0.2) is 56.2 Å². The van der Waals surface area contributed by atoms with Crippen molar-refractivity contribution in [2.24, 2.45) is 0 Å². The van der Waals surface area contributed by atoms with Crippen LogP contribution in [0.4, 0.5) is 5.00 Å². The Hall–Kier alpha value is -3.30. The van der Waals surface area contributed by atoms with Crippen LogP contribution >= 0.6 is 11.3 Å². The summed E-state index contributed by atoms with van der Waals surface area (Å²) in [7, 11) is 0. The zero-order valence-corrected chi connectivity index (χ0v) is 18.6. The number of aryl methyl sites for hydroxylation is 1. The molecule has 32 heavy (non-hydrogen) atoms. The maximum atomic E-state index is 5.43. The molecular weight excluding hydrogens is 422 g/mol. The fourth-order valence-corrected chi connectivity index (χ4v) is 4.51. The first-order valence-corrected chi connectivity index (χ1v) is 11.4. The molecule has 1 saturated heterocycles. The van der Waals surface area contributed by atoms with Crippen molar-refractivity contribution < 1.29 is 4.74 Å². The Morgan fingerprint density at radius 3 is 2.56 bits per heavy atom. The van der Waals surface area contributed by atoms with Crippen LogP contribution in [0.3, 0.4) is 0 Å². The molecule has 0 radical (unpaired) electrons. The summed E-state index contributed by atoms with van der Waals surface area (Å²) < 4.78 is 5.43. The minimum Gasteiger partial charge on any atom is -0.378 e. The Bertz CT molecular complexity index is 1210. The smallest absolute Gasteiger partial charge is 0.178 e. The van der Waals surface area contributed by atoms with Gasteiger partial charge in [0, 0.05) is 37.6 Å². The molecule has 5 heterocycles. The number of pyridine rings is 1. The Balaban J connectivity index is 1.29. The Kier molecular flexibility index (Phi) is 6.09. The molecule has 0 aliphatic carbocycles. The molecule has 162 valence electrons. The molecule has 4 aromatic rings. The molecule has 9 heteroatoms. The third-order valence-electron chi connectivity index (χ3n) is 5.13. The number of hydrogen-bond donors (Lipinski definition) is 0. The van der Waals surface area contributed by atoms with Crippen molar-refractivity contribution in [2.75, 3.05) is 31.2 Å². The molecule has 0 aromatic carbocycles. The number of morpholine rings is 1. The third kappa shape index (κ3) is 4.95. The highest BCUT2D eigenvalue weighted by Gasteiger charge is 2.15. The van der Waals surface area contributed by atoms with Crippen LogP contribution in [0.15, 0.2) is 48.9 Å². The van der Waals surface area contributed by atoms with Gasteiger partial charge in [-0.25, -0.2) is 29.9 Å². The zero-order chi connectivity index (χ0) is 21.8. The lowest BCUT2D eigenvalue weighted by atomic mass is 10.2. The highest BCUT2D eigenvalue weighted by Crippen LogP contribution is 2.25. The van der Waals surface area contributed by atoms with E-state index in [1.165, 1.54) is 5.00 Å². The van der Waals surface area contributed by atoms with E-state index in [0.29, 0.717) is 18.7 Å². The van der Waals surface area contributed by atoms with Crippen LogP contribution in [0, 0.1) is 6.92 Å². The van der Waals surface area contributed by atoms with Gasteiger partial charge in [-0.1, -0.05) is 6.07 Å². The Morgan fingerprint density at radius 1 is 0.906 bits per heavy atom. The Labute approximate surface area is 190 Å². The number of ether oxygens (including phenoxy) is 1. The summed E-state index contributed by atoms with van der Waals surface area (Å²) in [6.45, 7) is 5.31. The minimum absolute atomic E-state index is 0.605. The fraction of sp³-hybridized carbons (Fsp3) is 0.304. The number of aromatic nitrogens is 6.